The molecule has 4 heteroatoms. The Morgan fingerprint density at radius 1 is 1.53 bits per heavy atom. The Balaban J connectivity index is 1.97. The van der Waals surface area contributed by atoms with Gasteiger partial charge in [0, 0.05) is 26.2 Å². The highest BCUT2D eigenvalue weighted by Crippen LogP contribution is 2.40. The zero-order chi connectivity index (χ0) is 13.9. The molecule has 0 amide bonds. The lowest BCUT2D eigenvalue weighted by molar-refractivity contribution is 0.156. The Kier molecular flexibility index (Phi) is 5.35. The Morgan fingerprint density at radius 3 is 2.95 bits per heavy atom. The minimum atomic E-state index is -0.0716. The van der Waals surface area contributed by atoms with Gasteiger partial charge >= 0.3 is 0 Å². The molecule has 2 nitrogen and oxygen atoms in total. The average molecular weight is 344 g/mol. The lowest BCUT2D eigenvalue weighted by Crippen LogP contribution is -2.49. The van der Waals surface area contributed by atoms with Gasteiger partial charge in [-0.15, -0.1) is 11.8 Å². The lowest BCUT2D eigenvalue weighted by Gasteiger charge is -2.31. The Bertz CT molecular complexity index is 426. The number of aliphatic hydroxyl groups is 1. The van der Waals surface area contributed by atoms with Crippen LogP contribution in [-0.2, 0) is 0 Å². The fraction of sp³-hybridized carbons (Fsp3) is 0.600. The molecule has 2 rings (SSSR count). The van der Waals surface area contributed by atoms with Crippen LogP contribution in [0, 0.1) is 0 Å². The van der Waals surface area contributed by atoms with Crippen molar-refractivity contribution in [2.75, 3.05) is 6.61 Å². The van der Waals surface area contributed by atoms with Gasteiger partial charge in [0.05, 0.1) is 6.61 Å². The van der Waals surface area contributed by atoms with Crippen molar-refractivity contribution in [1.29, 1.82) is 0 Å². The number of thioether (sulfide) groups is 1. The molecule has 0 saturated heterocycles. The highest BCUT2D eigenvalue weighted by molar-refractivity contribution is 9.10. The summed E-state index contributed by atoms with van der Waals surface area (Å²) in [5.74, 6) is 0. The van der Waals surface area contributed by atoms with Crippen LogP contribution in [0.15, 0.2) is 33.6 Å². The Labute approximate surface area is 128 Å². The Hall–Kier alpha value is -0.0300. The molecule has 2 N–H and O–H groups in total. The maximum absolute atomic E-state index is 9.71. The predicted octanol–water partition coefficient (Wildman–Crippen LogP) is 3.82. The van der Waals surface area contributed by atoms with Crippen molar-refractivity contribution >= 4 is 27.7 Å². The summed E-state index contributed by atoms with van der Waals surface area (Å²) in [4.78, 5) is 1.30. The van der Waals surface area contributed by atoms with E-state index in [1.807, 2.05) is 11.8 Å². The summed E-state index contributed by atoms with van der Waals surface area (Å²) in [5.41, 5.74) is -0.0716. The first-order chi connectivity index (χ1) is 9.03. The zero-order valence-electron chi connectivity index (χ0n) is 11.5. The molecule has 0 radical (unpaired) electrons. The van der Waals surface area contributed by atoms with E-state index in [1.54, 1.807) is 0 Å². The van der Waals surface area contributed by atoms with E-state index in [0.29, 0.717) is 11.3 Å². The molecule has 0 aliphatic heterocycles. The third-order valence-corrected chi connectivity index (χ3v) is 5.31. The lowest BCUT2D eigenvalue weighted by atomic mass is 9.98. The van der Waals surface area contributed by atoms with Crippen LogP contribution in [-0.4, -0.2) is 28.5 Å². The molecule has 106 valence electrons. The van der Waals surface area contributed by atoms with Crippen molar-refractivity contribution in [3.05, 3.63) is 28.7 Å². The molecule has 0 heterocycles. The van der Waals surface area contributed by atoms with Crippen molar-refractivity contribution in [3.8, 4) is 0 Å². The van der Waals surface area contributed by atoms with E-state index < -0.39 is 0 Å². The van der Waals surface area contributed by atoms with E-state index in [0.717, 1.165) is 23.7 Å². The van der Waals surface area contributed by atoms with Gasteiger partial charge in [0.1, 0.15) is 0 Å². The number of nitrogens with one attached hydrogen (secondary N) is 1. The van der Waals surface area contributed by atoms with Crippen molar-refractivity contribution in [3.63, 3.8) is 0 Å². The molecule has 1 aliphatic rings. The summed E-state index contributed by atoms with van der Waals surface area (Å²) in [5, 5.41) is 13.9. The average Bonchev–Trinajstić information content (AvgIpc) is 2.72. The van der Waals surface area contributed by atoms with Crippen LogP contribution in [0.3, 0.4) is 0 Å². The first-order valence-corrected chi connectivity index (χ1v) is 8.51. The minimum Gasteiger partial charge on any atom is -0.394 e. The predicted molar refractivity (Wildman–Crippen MR) is 85.7 cm³/mol. The van der Waals surface area contributed by atoms with Gasteiger partial charge in [0.2, 0.25) is 0 Å². The quantitative estimate of drug-likeness (QED) is 0.852. The van der Waals surface area contributed by atoms with Crippen molar-refractivity contribution < 1.29 is 5.11 Å². The summed E-state index contributed by atoms with van der Waals surface area (Å²) in [7, 11) is 0. The van der Waals surface area contributed by atoms with Crippen molar-refractivity contribution in [2.24, 2.45) is 0 Å². The van der Waals surface area contributed by atoms with Gasteiger partial charge in [-0.2, -0.15) is 0 Å². The monoisotopic (exact) mass is 343 g/mol. The van der Waals surface area contributed by atoms with Gasteiger partial charge < -0.3 is 10.4 Å². The SMILES string of the molecule is CC(C)NC1(CO)CCC(Sc2cccc(Br)c2)C1. The van der Waals surface area contributed by atoms with E-state index in [4.69, 9.17) is 0 Å². The van der Waals surface area contributed by atoms with Gasteiger partial charge in [-0.25, -0.2) is 0 Å². The van der Waals surface area contributed by atoms with Gasteiger partial charge in [-0.05, 0) is 37.5 Å². The number of halogens is 1. The molecular formula is C15H22BrNOS. The molecule has 0 bridgehead atoms. The summed E-state index contributed by atoms with van der Waals surface area (Å²) in [6.07, 6.45) is 3.27. The highest BCUT2D eigenvalue weighted by Gasteiger charge is 2.39. The molecule has 2 unspecified atom stereocenters. The van der Waals surface area contributed by atoms with E-state index >= 15 is 0 Å². The molecule has 1 saturated carbocycles. The second-order valence-corrected chi connectivity index (χ2v) is 7.97. The molecule has 0 aromatic heterocycles. The second kappa shape index (κ2) is 6.61. The normalized spacial score (nSPS) is 27.1. The van der Waals surface area contributed by atoms with Crippen LogP contribution in [0.1, 0.15) is 33.1 Å². The smallest absolute Gasteiger partial charge is 0.0613 e. The second-order valence-electron chi connectivity index (χ2n) is 5.68. The van der Waals surface area contributed by atoms with Gasteiger partial charge in [0.15, 0.2) is 0 Å². The van der Waals surface area contributed by atoms with Crippen LogP contribution >= 0.6 is 27.7 Å². The topological polar surface area (TPSA) is 32.3 Å². The maximum Gasteiger partial charge on any atom is 0.0613 e. The molecule has 0 spiro atoms. The molecule has 2 atom stereocenters. The Morgan fingerprint density at radius 2 is 2.32 bits per heavy atom. The van der Waals surface area contributed by atoms with E-state index in [-0.39, 0.29) is 12.1 Å². The first-order valence-electron chi connectivity index (χ1n) is 6.84. The standard InChI is InChI=1S/C15H22BrNOS/c1-11(2)17-15(10-18)7-6-14(9-15)19-13-5-3-4-12(16)8-13/h3-5,8,11,14,17-18H,6-7,9-10H2,1-2H3. The summed E-state index contributed by atoms with van der Waals surface area (Å²) in [6, 6.07) is 8.87. The number of benzene rings is 1. The molecule has 1 aromatic rings. The zero-order valence-corrected chi connectivity index (χ0v) is 13.9. The molecule has 19 heavy (non-hydrogen) atoms. The van der Waals surface area contributed by atoms with Crippen molar-refractivity contribution in [1.82, 2.24) is 5.32 Å². The fourth-order valence-corrected chi connectivity index (χ4v) is 4.77. The van der Waals surface area contributed by atoms with E-state index in [2.05, 4.69) is 59.4 Å². The third kappa shape index (κ3) is 4.22. The number of hydrogen-bond donors (Lipinski definition) is 2. The van der Waals surface area contributed by atoms with Crippen LogP contribution in [0.5, 0.6) is 0 Å². The van der Waals surface area contributed by atoms with Crippen LogP contribution in [0.2, 0.25) is 0 Å². The van der Waals surface area contributed by atoms with Crippen LogP contribution < -0.4 is 5.32 Å². The fourth-order valence-electron chi connectivity index (χ4n) is 2.84. The number of aliphatic hydroxyl groups excluding tert-OH is 1. The number of rotatable bonds is 5. The number of hydrogen-bond acceptors (Lipinski definition) is 3. The third-order valence-electron chi connectivity index (χ3n) is 3.56. The van der Waals surface area contributed by atoms with Crippen molar-refractivity contribution in [2.45, 2.75) is 54.8 Å². The van der Waals surface area contributed by atoms with Gasteiger partial charge in [0.25, 0.3) is 0 Å². The molecular weight excluding hydrogens is 322 g/mol. The van der Waals surface area contributed by atoms with Crippen LogP contribution in [0.25, 0.3) is 0 Å². The molecule has 1 fully saturated rings. The maximum atomic E-state index is 9.71. The summed E-state index contributed by atoms with van der Waals surface area (Å²) >= 11 is 5.44. The molecule has 1 aromatic carbocycles. The van der Waals surface area contributed by atoms with E-state index in [9.17, 15) is 5.11 Å². The van der Waals surface area contributed by atoms with Crippen LogP contribution in [0.4, 0.5) is 0 Å². The van der Waals surface area contributed by atoms with Gasteiger partial charge in [-0.1, -0.05) is 35.8 Å². The summed E-state index contributed by atoms with van der Waals surface area (Å²) in [6.45, 7) is 4.53. The highest BCUT2D eigenvalue weighted by atomic mass is 79.9. The largest absolute Gasteiger partial charge is 0.394 e. The molecule has 1 aliphatic carbocycles. The summed E-state index contributed by atoms with van der Waals surface area (Å²) < 4.78 is 1.13. The first kappa shape index (κ1) is 15.4. The van der Waals surface area contributed by atoms with E-state index in [1.165, 1.54) is 4.90 Å². The van der Waals surface area contributed by atoms with Gasteiger partial charge in [-0.3, -0.25) is 0 Å². The minimum absolute atomic E-state index is 0.0716.